The molecule has 0 unspecified atom stereocenters. The summed E-state index contributed by atoms with van der Waals surface area (Å²) < 4.78 is 37.2. The van der Waals surface area contributed by atoms with Gasteiger partial charge in [0.2, 0.25) is 0 Å². The average molecular weight is 307 g/mol. The maximum absolute atomic E-state index is 12.4. The molecular formula is C15H12F3N3O. The summed E-state index contributed by atoms with van der Waals surface area (Å²) in [7, 11) is 0. The molecule has 0 spiro atoms. The number of nitrogen functional groups attached to an aromatic ring is 1. The molecule has 0 aliphatic carbocycles. The number of amides is 1. The second kappa shape index (κ2) is 6.30. The van der Waals surface area contributed by atoms with E-state index in [1.165, 1.54) is 24.4 Å². The monoisotopic (exact) mass is 307 g/mol. The van der Waals surface area contributed by atoms with Crippen molar-refractivity contribution in [2.24, 2.45) is 5.10 Å². The van der Waals surface area contributed by atoms with Gasteiger partial charge in [0.1, 0.15) is 0 Å². The smallest absolute Gasteiger partial charge is 0.399 e. The van der Waals surface area contributed by atoms with E-state index in [1.807, 2.05) is 0 Å². The van der Waals surface area contributed by atoms with Crippen molar-refractivity contribution in [3.8, 4) is 0 Å². The van der Waals surface area contributed by atoms with Crippen LogP contribution in [0.15, 0.2) is 53.6 Å². The van der Waals surface area contributed by atoms with E-state index in [0.29, 0.717) is 16.8 Å². The molecule has 2 aromatic rings. The van der Waals surface area contributed by atoms with Gasteiger partial charge in [-0.05, 0) is 35.9 Å². The highest BCUT2D eigenvalue weighted by Crippen LogP contribution is 2.28. The second-order valence-corrected chi connectivity index (χ2v) is 4.44. The third-order valence-corrected chi connectivity index (χ3v) is 2.77. The summed E-state index contributed by atoms with van der Waals surface area (Å²) in [5.41, 5.74) is 8.30. The molecule has 0 heterocycles. The number of alkyl halides is 3. The lowest BCUT2D eigenvalue weighted by molar-refractivity contribution is -0.137. The fourth-order valence-electron chi connectivity index (χ4n) is 1.67. The van der Waals surface area contributed by atoms with Crippen LogP contribution < -0.4 is 11.2 Å². The zero-order chi connectivity index (χ0) is 16.2. The van der Waals surface area contributed by atoms with Crippen molar-refractivity contribution in [3.63, 3.8) is 0 Å². The molecule has 3 N–H and O–H groups in total. The fourth-order valence-corrected chi connectivity index (χ4v) is 1.67. The maximum atomic E-state index is 12.4. The first-order valence-electron chi connectivity index (χ1n) is 6.22. The molecule has 4 nitrogen and oxygen atoms in total. The van der Waals surface area contributed by atoms with Crippen LogP contribution in [0, 0.1) is 0 Å². The lowest BCUT2D eigenvalue weighted by Gasteiger charge is -2.05. The van der Waals surface area contributed by atoms with E-state index >= 15 is 0 Å². The molecule has 22 heavy (non-hydrogen) atoms. The van der Waals surface area contributed by atoms with Crippen LogP contribution in [-0.4, -0.2) is 12.1 Å². The van der Waals surface area contributed by atoms with Gasteiger partial charge in [-0.2, -0.15) is 18.3 Å². The number of nitrogens with zero attached hydrogens (tertiary/aromatic N) is 1. The summed E-state index contributed by atoms with van der Waals surface area (Å²) >= 11 is 0. The van der Waals surface area contributed by atoms with E-state index in [0.717, 1.165) is 12.1 Å². The van der Waals surface area contributed by atoms with Gasteiger partial charge in [-0.15, -0.1) is 0 Å². The van der Waals surface area contributed by atoms with Crippen molar-refractivity contribution >= 4 is 17.8 Å². The minimum absolute atomic E-state index is 0.338. The predicted molar refractivity (Wildman–Crippen MR) is 77.4 cm³/mol. The molecular weight excluding hydrogens is 295 g/mol. The number of nitrogens with one attached hydrogen (secondary N) is 1. The van der Waals surface area contributed by atoms with Crippen LogP contribution in [0.5, 0.6) is 0 Å². The Balaban J connectivity index is 1.99. The normalized spacial score (nSPS) is 11.6. The first-order valence-corrected chi connectivity index (χ1v) is 6.22. The first kappa shape index (κ1) is 15.6. The van der Waals surface area contributed by atoms with Crippen LogP contribution in [-0.2, 0) is 6.18 Å². The molecule has 0 aromatic heterocycles. The average Bonchev–Trinajstić information content (AvgIpc) is 2.47. The zero-order valence-electron chi connectivity index (χ0n) is 11.3. The van der Waals surface area contributed by atoms with Crippen molar-refractivity contribution in [2.45, 2.75) is 6.18 Å². The number of benzene rings is 2. The van der Waals surface area contributed by atoms with Gasteiger partial charge >= 0.3 is 6.18 Å². The maximum Gasteiger partial charge on any atom is 0.416 e. The van der Waals surface area contributed by atoms with Crippen LogP contribution >= 0.6 is 0 Å². The minimum atomic E-state index is -4.38. The Labute approximate surface area is 124 Å². The summed E-state index contributed by atoms with van der Waals surface area (Å²) in [6.07, 6.45) is -3.12. The zero-order valence-corrected chi connectivity index (χ0v) is 11.3. The Bertz CT molecular complexity index is 694. The van der Waals surface area contributed by atoms with Crippen molar-refractivity contribution in [1.29, 1.82) is 0 Å². The van der Waals surface area contributed by atoms with E-state index in [1.54, 1.807) is 18.2 Å². The largest absolute Gasteiger partial charge is 0.416 e. The fraction of sp³-hybridized carbons (Fsp3) is 0.0667. The molecule has 2 rings (SSSR count). The van der Waals surface area contributed by atoms with Gasteiger partial charge in [0.15, 0.2) is 0 Å². The van der Waals surface area contributed by atoms with Gasteiger partial charge in [-0.25, -0.2) is 5.43 Å². The van der Waals surface area contributed by atoms with Crippen molar-refractivity contribution in [2.75, 3.05) is 5.73 Å². The second-order valence-electron chi connectivity index (χ2n) is 4.44. The number of carbonyl (C=O) groups is 1. The summed E-state index contributed by atoms with van der Waals surface area (Å²) in [5.74, 6) is -0.463. The molecule has 0 aliphatic heterocycles. The Morgan fingerprint density at radius 2 is 1.82 bits per heavy atom. The van der Waals surface area contributed by atoms with E-state index in [9.17, 15) is 18.0 Å². The molecule has 0 atom stereocenters. The van der Waals surface area contributed by atoms with E-state index in [4.69, 9.17) is 5.73 Å². The summed E-state index contributed by atoms with van der Waals surface area (Å²) in [5, 5.41) is 3.69. The topological polar surface area (TPSA) is 67.5 Å². The highest BCUT2D eigenvalue weighted by molar-refractivity contribution is 5.95. The van der Waals surface area contributed by atoms with Gasteiger partial charge in [-0.3, -0.25) is 4.79 Å². The number of hydrazone groups is 1. The number of hydrogen-bond acceptors (Lipinski definition) is 3. The number of nitrogens with two attached hydrogens (primary N) is 1. The predicted octanol–water partition coefficient (Wildman–Crippen LogP) is 3.05. The van der Waals surface area contributed by atoms with E-state index in [-0.39, 0.29) is 0 Å². The number of hydrogen-bond donors (Lipinski definition) is 2. The van der Waals surface area contributed by atoms with Crippen LogP contribution in [0.2, 0.25) is 0 Å². The molecule has 0 fully saturated rings. The van der Waals surface area contributed by atoms with Crippen molar-refractivity contribution in [3.05, 3.63) is 65.2 Å². The number of anilines is 1. The van der Waals surface area contributed by atoms with Crippen molar-refractivity contribution in [1.82, 2.24) is 5.43 Å². The molecule has 0 radical (unpaired) electrons. The number of halogens is 3. The highest BCUT2D eigenvalue weighted by atomic mass is 19.4. The Morgan fingerprint density at radius 3 is 2.41 bits per heavy atom. The third-order valence-electron chi connectivity index (χ3n) is 2.77. The standard InChI is InChI=1S/C15H12F3N3O/c16-15(17,18)12-6-4-10(5-7-12)9-20-21-14(22)11-2-1-3-13(19)8-11/h1-9H,19H2,(H,21,22)/b20-9-. The van der Waals surface area contributed by atoms with Crippen LogP contribution in [0.25, 0.3) is 0 Å². The van der Waals surface area contributed by atoms with Gasteiger partial charge in [0, 0.05) is 11.3 Å². The molecule has 7 heteroatoms. The summed E-state index contributed by atoms with van der Waals surface area (Å²) in [6.45, 7) is 0. The SMILES string of the molecule is Nc1cccc(C(=O)N/N=C\c2ccc(C(F)(F)F)cc2)c1. The Hall–Kier alpha value is -2.83. The molecule has 0 aliphatic rings. The number of carbonyl (C=O) groups excluding carboxylic acids is 1. The molecule has 2 aromatic carbocycles. The molecule has 0 saturated heterocycles. The molecule has 1 amide bonds. The number of rotatable bonds is 3. The molecule has 0 saturated carbocycles. The van der Waals surface area contributed by atoms with Crippen molar-refractivity contribution < 1.29 is 18.0 Å². The quantitative estimate of drug-likeness (QED) is 0.520. The van der Waals surface area contributed by atoms with Crippen LogP contribution in [0.3, 0.4) is 0 Å². The third kappa shape index (κ3) is 4.08. The Kier molecular flexibility index (Phi) is 4.45. The van der Waals surface area contributed by atoms with Crippen LogP contribution in [0.1, 0.15) is 21.5 Å². The minimum Gasteiger partial charge on any atom is -0.399 e. The lowest BCUT2D eigenvalue weighted by Crippen LogP contribution is -2.17. The molecule has 0 bridgehead atoms. The summed E-state index contributed by atoms with van der Waals surface area (Å²) in [4.78, 5) is 11.7. The first-order chi connectivity index (χ1) is 10.4. The summed E-state index contributed by atoms with van der Waals surface area (Å²) in [6, 6.07) is 10.7. The molecule has 114 valence electrons. The van der Waals surface area contributed by atoms with Gasteiger partial charge in [0.25, 0.3) is 5.91 Å². The highest BCUT2D eigenvalue weighted by Gasteiger charge is 2.29. The van der Waals surface area contributed by atoms with Gasteiger partial charge < -0.3 is 5.73 Å². The van der Waals surface area contributed by atoms with Gasteiger partial charge in [-0.1, -0.05) is 18.2 Å². The lowest BCUT2D eigenvalue weighted by atomic mass is 10.1. The Morgan fingerprint density at radius 1 is 1.14 bits per heavy atom. The van der Waals surface area contributed by atoms with Crippen LogP contribution in [0.4, 0.5) is 18.9 Å². The van der Waals surface area contributed by atoms with E-state index in [2.05, 4.69) is 10.5 Å². The van der Waals surface area contributed by atoms with E-state index < -0.39 is 17.6 Å². The van der Waals surface area contributed by atoms with Gasteiger partial charge in [0.05, 0.1) is 11.8 Å².